The zero-order valence-electron chi connectivity index (χ0n) is 7.46. The van der Waals surface area contributed by atoms with Crippen LogP contribution in [0.3, 0.4) is 0 Å². The van der Waals surface area contributed by atoms with Gasteiger partial charge in [0, 0.05) is 6.04 Å². The number of aliphatic hydroxyl groups excluding tert-OH is 1. The molecule has 0 spiro atoms. The SMILES string of the molecule is CC1C(N)C[C@@H](C)CCC1O. The van der Waals surface area contributed by atoms with Gasteiger partial charge in [-0.15, -0.1) is 0 Å². The molecular formula is C9H19NO. The monoisotopic (exact) mass is 157 g/mol. The molecule has 0 radical (unpaired) electrons. The lowest BCUT2D eigenvalue weighted by molar-refractivity contribution is 0.101. The summed E-state index contributed by atoms with van der Waals surface area (Å²) < 4.78 is 0. The van der Waals surface area contributed by atoms with Crippen molar-refractivity contribution in [3.05, 3.63) is 0 Å². The third-order valence-electron chi connectivity index (χ3n) is 2.91. The molecule has 0 aromatic heterocycles. The van der Waals surface area contributed by atoms with Crippen LogP contribution in [0.5, 0.6) is 0 Å². The number of rotatable bonds is 0. The van der Waals surface area contributed by atoms with Crippen molar-refractivity contribution in [2.24, 2.45) is 17.6 Å². The lowest BCUT2D eigenvalue weighted by Crippen LogP contribution is -2.34. The summed E-state index contributed by atoms with van der Waals surface area (Å²) in [7, 11) is 0. The van der Waals surface area contributed by atoms with Crippen LogP contribution in [-0.4, -0.2) is 17.3 Å². The van der Waals surface area contributed by atoms with Gasteiger partial charge in [-0.05, 0) is 31.1 Å². The molecule has 0 aliphatic heterocycles. The van der Waals surface area contributed by atoms with Gasteiger partial charge in [0.1, 0.15) is 0 Å². The molecule has 1 saturated carbocycles. The summed E-state index contributed by atoms with van der Waals surface area (Å²) in [5.41, 5.74) is 5.90. The second kappa shape index (κ2) is 3.55. The normalized spacial score (nSPS) is 46.9. The Labute approximate surface area is 68.8 Å². The highest BCUT2D eigenvalue weighted by molar-refractivity contribution is 4.81. The largest absolute Gasteiger partial charge is 0.393 e. The summed E-state index contributed by atoms with van der Waals surface area (Å²) in [5.74, 6) is 0.963. The Hall–Kier alpha value is -0.0800. The van der Waals surface area contributed by atoms with Gasteiger partial charge in [-0.3, -0.25) is 0 Å². The first-order valence-corrected chi connectivity index (χ1v) is 4.55. The fourth-order valence-corrected chi connectivity index (χ4v) is 1.80. The highest BCUT2D eigenvalue weighted by Gasteiger charge is 2.26. The van der Waals surface area contributed by atoms with Gasteiger partial charge in [-0.2, -0.15) is 0 Å². The van der Waals surface area contributed by atoms with Crippen LogP contribution >= 0.6 is 0 Å². The molecule has 1 fully saturated rings. The van der Waals surface area contributed by atoms with E-state index in [0.717, 1.165) is 19.3 Å². The lowest BCUT2D eigenvalue weighted by Gasteiger charge is -2.21. The van der Waals surface area contributed by atoms with Crippen molar-refractivity contribution in [1.29, 1.82) is 0 Å². The van der Waals surface area contributed by atoms with Crippen LogP contribution in [0, 0.1) is 11.8 Å². The van der Waals surface area contributed by atoms with E-state index in [1.54, 1.807) is 0 Å². The molecule has 11 heavy (non-hydrogen) atoms. The number of hydrogen-bond acceptors (Lipinski definition) is 2. The molecular weight excluding hydrogens is 138 g/mol. The fourth-order valence-electron chi connectivity index (χ4n) is 1.80. The van der Waals surface area contributed by atoms with Crippen LogP contribution in [0.25, 0.3) is 0 Å². The van der Waals surface area contributed by atoms with Crippen LogP contribution in [0.4, 0.5) is 0 Å². The number of nitrogens with two attached hydrogens (primary N) is 1. The van der Waals surface area contributed by atoms with Crippen LogP contribution in [0.2, 0.25) is 0 Å². The van der Waals surface area contributed by atoms with E-state index in [2.05, 4.69) is 6.92 Å². The minimum absolute atomic E-state index is 0.171. The van der Waals surface area contributed by atoms with Crippen molar-refractivity contribution < 1.29 is 5.11 Å². The first-order valence-electron chi connectivity index (χ1n) is 4.55. The average molecular weight is 157 g/mol. The molecule has 0 amide bonds. The Morgan fingerprint density at radius 3 is 2.55 bits per heavy atom. The Morgan fingerprint density at radius 2 is 1.91 bits per heavy atom. The smallest absolute Gasteiger partial charge is 0.0580 e. The molecule has 0 aromatic carbocycles. The Balaban J connectivity index is 2.53. The summed E-state index contributed by atoms with van der Waals surface area (Å²) in [6.07, 6.45) is 2.95. The second-order valence-electron chi connectivity index (χ2n) is 4.01. The first-order chi connectivity index (χ1) is 5.11. The molecule has 3 unspecified atom stereocenters. The van der Waals surface area contributed by atoms with Crippen LogP contribution in [-0.2, 0) is 0 Å². The lowest BCUT2D eigenvalue weighted by atomic mass is 9.94. The molecule has 0 saturated heterocycles. The average Bonchev–Trinajstić information content (AvgIpc) is 2.05. The van der Waals surface area contributed by atoms with Gasteiger partial charge in [0.05, 0.1) is 6.10 Å². The van der Waals surface area contributed by atoms with Crippen molar-refractivity contribution in [2.45, 2.75) is 45.3 Å². The first kappa shape index (κ1) is 9.01. The third-order valence-corrected chi connectivity index (χ3v) is 2.91. The van der Waals surface area contributed by atoms with Gasteiger partial charge in [0.2, 0.25) is 0 Å². The van der Waals surface area contributed by atoms with E-state index in [-0.39, 0.29) is 18.1 Å². The molecule has 1 aliphatic carbocycles. The maximum Gasteiger partial charge on any atom is 0.0580 e. The number of aliphatic hydroxyl groups is 1. The molecule has 2 nitrogen and oxygen atoms in total. The molecule has 1 rings (SSSR count). The quantitative estimate of drug-likeness (QED) is 0.518. The molecule has 66 valence electrons. The molecule has 0 heterocycles. The van der Waals surface area contributed by atoms with Crippen LogP contribution < -0.4 is 5.73 Å². The summed E-state index contributed by atoms with van der Waals surface area (Å²) in [6.45, 7) is 4.26. The van der Waals surface area contributed by atoms with Crippen molar-refractivity contribution in [2.75, 3.05) is 0 Å². The molecule has 1 aliphatic rings. The van der Waals surface area contributed by atoms with Crippen molar-refractivity contribution in [1.82, 2.24) is 0 Å². The zero-order chi connectivity index (χ0) is 8.43. The second-order valence-corrected chi connectivity index (χ2v) is 4.01. The van der Waals surface area contributed by atoms with Crippen molar-refractivity contribution in [3.63, 3.8) is 0 Å². The van der Waals surface area contributed by atoms with Gasteiger partial charge >= 0.3 is 0 Å². The minimum atomic E-state index is -0.171. The van der Waals surface area contributed by atoms with E-state index in [1.807, 2.05) is 6.92 Å². The summed E-state index contributed by atoms with van der Waals surface area (Å²) in [5, 5.41) is 9.57. The predicted molar refractivity (Wildman–Crippen MR) is 46.2 cm³/mol. The van der Waals surface area contributed by atoms with E-state index in [1.165, 1.54) is 0 Å². The van der Waals surface area contributed by atoms with E-state index < -0.39 is 0 Å². The van der Waals surface area contributed by atoms with E-state index in [9.17, 15) is 5.11 Å². The minimum Gasteiger partial charge on any atom is -0.393 e. The molecule has 3 N–H and O–H groups in total. The van der Waals surface area contributed by atoms with Gasteiger partial charge in [0.15, 0.2) is 0 Å². The van der Waals surface area contributed by atoms with Gasteiger partial charge < -0.3 is 10.8 Å². The Kier molecular flexibility index (Phi) is 2.90. The Bertz CT molecular complexity index is 127. The van der Waals surface area contributed by atoms with Crippen LogP contribution in [0.15, 0.2) is 0 Å². The van der Waals surface area contributed by atoms with E-state index in [0.29, 0.717) is 5.92 Å². The summed E-state index contributed by atoms with van der Waals surface area (Å²) in [4.78, 5) is 0. The topological polar surface area (TPSA) is 46.2 Å². The maximum absolute atomic E-state index is 9.57. The fraction of sp³-hybridized carbons (Fsp3) is 1.00. The molecule has 0 bridgehead atoms. The maximum atomic E-state index is 9.57. The molecule has 0 aromatic rings. The summed E-state index contributed by atoms with van der Waals surface area (Å²) in [6, 6.07) is 0.197. The predicted octanol–water partition coefficient (Wildman–Crippen LogP) is 1.13. The van der Waals surface area contributed by atoms with Gasteiger partial charge in [-0.25, -0.2) is 0 Å². The highest BCUT2D eigenvalue weighted by Crippen LogP contribution is 2.25. The number of hydrogen-bond donors (Lipinski definition) is 2. The van der Waals surface area contributed by atoms with E-state index in [4.69, 9.17) is 5.73 Å². The van der Waals surface area contributed by atoms with Crippen molar-refractivity contribution >= 4 is 0 Å². The summed E-state index contributed by atoms with van der Waals surface area (Å²) >= 11 is 0. The van der Waals surface area contributed by atoms with Crippen LogP contribution in [0.1, 0.15) is 33.1 Å². The molecule has 2 heteroatoms. The Morgan fingerprint density at radius 1 is 1.27 bits per heavy atom. The highest BCUT2D eigenvalue weighted by atomic mass is 16.3. The van der Waals surface area contributed by atoms with Gasteiger partial charge in [-0.1, -0.05) is 13.8 Å². The zero-order valence-corrected chi connectivity index (χ0v) is 7.46. The standard InChI is InChI=1S/C9H19NO/c1-6-3-4-9(11)7(2)8(10)5-6/h6-9,11H,3-5,10H2,1-2H3/t6-,7?,8?,9?/m0/s1. The molecule has 4 atom stereocenters. The van der Waals surface area contributed by atoms with E-state index >= 15 is 0 Å². The van der Waals surface area contributed by atoms with Gasteiger partial charge in [0.25, 0.3) is 0 Å². The third kappa shape index (κ3) is 2.17. The van der Waals surface area contributed by atoms with Crippen molar-refractivity contribution in [3.8, 4) is 0 Å².